The van der Waals surface area contributed by atoms with Crippen molar-refractivity contribution in [1.29, 1.82) is 0 Å². The second-order valence-electron chi connectivity index (χ2n) is 7.10. The maximum atomic E-state index is 12.4. The Balaban J connectivity index is 1.81. The lowest BCUT2D eigenvalue weighted by Crippen LogP contribution is -2.26. The maximum absolute atomic E-state index is 12.4. The highest BCUT2D eigenvalue weighted by Gasteiger charge is 2.20. The summed E-state index contributed by atoms with van der Waals surface area (Å²) in [4.78, 5) is 28.5. The molecule has 0 unspecified atom stereocenters. The summed E-state index contributed by atoms with van der Waals surface area (Å²) in [5.41, 5.74) is 1.09. The number of furan rings is 1. The molecule has 2 heterocycles. The highest BCUT2D eigenvalue weighted by atomic mass is 32.2. The average molecular weight is 402 g/mol. The highest BCUT2D eigenvalue weighted by Crippen LogP contribution is 2.28. The second-order valence-corrected chi connectivity index (χ2v) is 8.04. The fraction of sp³-hybridized carbons (Fsp3) is 0.350. The van der Waals surface area contributed by atoms with E-state index in [-0.39, 0.29) is 18.3 Å². The van der Waals surface area contributed by atoms with E-state index in [2.05, 4.69) is 9.72 Å². The standard InChI is InChI=1S/C20H22N2O5S/c1-20(2,3)27-17(23)11-22-15-8-6-5-7-14(15)21-19(22)28-12-13-9-10-16(26-13)18(24)25-4/h5-10H,11-12H2,1-4H3. The third kappa shape index (κ3) is 4.75. The van der Waals surface area contributed by atoms with Gasteiger partial charge in [0.15, 0.2) is 5.16 Å². The molecule has 7 nitrogen and oxygen atoms in total. The first-order chi connectivity index (χ1) is 13.3. The van der Waals surface area contributed by atoms with Gasteiger partial charge in [-0.15, -0.1) is 0 Å². The van der Waals surface area contributed by atoms with Crippen molar-refractivity contribution >= 4 is 34.7 Å². The number of carbonyl (C=O) groups is 2. The highest BCUT2D eigenvalue weighted by molar-refractivity contribution is 7.98. The summed E-state index contributed by atoms with van der Waals surface area (Å²) in [6.07, 6.45) is 0. The van der Waals surface area contributed by atoms with Gasteiger partial charge in [0, 0.05) is 0 Å². The van der Waals surface area contributed by atoms with Crippen LogP contribution in [0.3, 0.4) is 0 Å². The van der Waals surface area contributed by atoms with Crippen molar-refractivity contribution in [2.45, 2.75) is 43.8 Å². The molecule has 0 bridgehead atoms. The Morgan fingerprint density at radius 2 is 1.93 bits per heavy atom. The zero-order valence-corrected chi connectivity index (χ0v) is 17.0. The van der Waals surface area contributed by atoms with Gasteiger partial charge in [0.1, 0.15) is 17.9 Å². The molecule has 0 aliphatic rings. The molecule has 28 heavy (non-hydrogen) atoms. The van der Waals surface area contributed by atoms with Crippen molar-refractivity contribution in [3.05, 3.63) is 47.9 Å². The number of hydrogen-bond acceptors (Lipinski definition) is 7. The summed E-state index contributed by atoms with van der Waals surface area (Å²) in [6, 6.07) is 10.9. The molecule has 2 aromatic heterocycles. The van der Waals surface area contributed by atoms with Gasteiger partial charge >= 0.3 is 11.9 Å². The molecule has 1 aromatic carbocycles. The number of esters is 2. The number of fused-ring (bicyclic) bond motifs is 1. The monoisotopic (exact) mass is 402 g/mol. The summed E-state index contributed by atoms with van der Waals surface area (Å²) < 4.78 is 17.4. The minimum Gasteiger partial charge on any atom is -0.463 e. The van der Waals surface area contributed by atoms with Crippen LogP contribution in [0.5, 0.6) is 0 Å². The number of para-hydroxylation sites is 2. The molecule has 3 rings (SSSR count). The fourth-order valence-electron chi connectivity index (χ4n) is 2.62. The Morgan fingerprint density at radius 3 is 2.64 bits per heavy atom. The number of methoxy groups -OCH3 is 1. The van der Waals surface area contributed by atoms with Crippen molar-refractivity contribution in [3.63, 3.8) is 0 Å². The molecule has 0 radical (unpaired) electrons. The van der Waals surface area contributed by atoms with E-state index in [1.807, 2.05) is 49.6 Å². The van der Waals surface area contributed by atoms with Crippen LogP contribution in [0.15, 0.2) is 46.0 Å². The van der Waals surface area contributed by atoms with Gasteiger partial charge in [-0.3, -0.25) is 4.79 Å². The minimum atomic E-state index is -0.556. The Hall–Kier alpha value is -2.74. The van der Waals surface area contributed by atoms with Gasteiger partial charge in [-0.25, -0.2) is 9.78 Å². The maximum Gasteiger partial charge on any atom is 0.373 e. The van der Waals surface area contributed by atoms with Crippen molar-refractivity contribution < 1.29 is 23.5 Å². The molecule has 0 fully saturated rings. The van der Waals surface area contributed by atoms with E-state index in [1.165, 1.54) is 18.9 Å². The van der Waals surface area contributed by atoms with Crippen molar-refractivity contribution in [2.75, 3.05) is 7.11 Å². The van der Waals surface area contributed by atoms with Gasteiger partial charge in [-0.05, 0) is 45.0 Å². The number of aromatic nitrogens is 2. The third-order valence-corrected chi connectivity index (χ3v) is 4.72. The molecule has 0 spiro atoms. The van der Waals surface area contributed by atoms with Crippen LogP contribution >= 0.6 is 11.8 Å². The lowest BCUT2D eigenvalue weighted by atomic mass is 10.2. The molecular weight excluding hydrogens is 380 g/mol. The molecule has 0 saturated heterocycles. The smallest absolute Gasteiger partial charge is 0.373 e. The fourth-order valence-corrected chi connectivity index (χ4v) is 3.53. The first-order valence-corrected chi connectivity index (χ1v) is 9.72. The Labute approximate surface area is 167 Å². The van der Waals surface area contributed by atoms with E-state index < -0.39 is 11.6 Å². The zero-order chi connectivity index (χ0) is 20.3. The van der Waals surface area contributed by atoms with Gasteiger partial charge in [-0.2, -0.15) is 0 Å². The molecule has 0 aliphatic carbocycles. The number of hydrogen-bond donors (Lipinski definition) is 0. The lowest BCUT2D eigenvalue weighted by molar-refractivity contribution is -0.155. The van der Waals surface area contributed by atoms with Gasteiger partial charge in [0.25, 0.3) is 0 Å². The van der Waals surface area contributed by atoms with Crippen LogP contribution < -0.4 is 0 Å². The number of thioether (sulfide) groups is 1. The topological polar surface area (TPSA) is 83.6 Å². The Kier molecular flexibility index (Phi) is 5.79. The molecule has 0 saturated carbocycles. The van der Waals surface area contributed by atoms with Crippen molar-refractivity contribution in [3.8, 4) is 0 Å². The van der Waals surface area contributed by atoms with E-state index >= 15 is 0 Å². The first-order valence-electron chi connectivity index (χ1n) is 8.74. The van der Waals surface area contributed by atoms with Crippen LogP contribution in [0, 0.1) is 0 Å². The summed E-state index contributed by atoms with van der Waals surface area (Å²) in [7, 11) is 1.30. The number of carbonyl (C=O) groups excluding carboxylic acids is 2. The van der Waals surface area contributed by atoms with E-state index in [4.69, 9.17) is 9.15 Å². The molecule has 8 heteroatoms. The zero-order valence-electron chi connectivity index (χ0n) is 16.2. The lowest BCUT2D eigenvalue weighted by Gasteiger charge is -2.20. The SMILES string of the molecule is COC(=O)c1ccc(CSc2nc3ccccc3n2CC(=O)OC(C)(C)C)o1. The van der Waals surface area contributed by atoms with Gasteiger partial charge in [0.2, 0.25) is 5.76 Å². The molecule has 3 aromatic rings. The molecule has 148 valence electrons. The number of benzene rings is 1. The predicted octanol–water partition coefficient (Wildman–Crippen LogP) is 4.05. The summed E-state index contributed by atoms with van der Waals surface area (Å²) in [5.74, 6) is 0.368. The van der Waals surface area contributed by atoms with Gasteiger partial charge in [-0.1, -0.05) is 23.9 Å². The van der Waals surface area contributed by atoms with E-state index in [1.54, 1.807) is 12.1 Å². The van der Waals surface area contributed by atoms with Crippen LogP contribution in [0.4, 0.5) is 0 Å². The van der Waals surface area contributed by atoms with Crippen molar-refractivity contribution in [2.24, 2.45) is 0 Å². The number of nitrogens with zero attached hydrogens (tertiary/aromatic N) is 2. The Morgan fingerprint density at radius 1 is 1.18 bits per heavy atom. The quantitative estimate of drug-likeness (QED) is 0.454. The largest absolute Gasteiger partial charge is 0.463 e. The molecule has 0 amide bonds. The van der Waals surface area contributed by atoms with Crippen LogP contribution in [-0.2, 0) is 26.6 Å². The molecule has 0 atom stereocenters. The predicted molar refractivity (Wildman–Crippen MR) is 105 cm³/mol. The van der Waals surface area contributed by atoms with Crippen LogP contribution in [-0.4, -0.2) is 34.2 Å². The van der Waals surface area contributed by atoms with Gasteiger partial charge < -0.3 is 18.5 Å². The summed E-state index contributed by atoms with van der Waals surface area (Å²) in [6.45, 7) is 5.57. The minimum absolute atomic E-state index is 0.0612. The van der Waals surface area contributed by atoms with E-state index in [0.29, 0.717) is 16.7 Å². The normalized spacial score (nSPS) is 11.6. The summed E-state index contributed by atoms with van der Waals surface area (Å²) in [5, 5.41) is 0.670. The molecule has 0 N–H and O–H groups in total. The van der Waals surface area contributed by atoms with E-state index in [9.17, 15) is 9.59 Å². The number of ether oxygens (including phenoxy) is 2. The number of imidazole rings is 1. The van der Waals surface area contributed by atoms with Gasteiger partial charge in [0.05, 0.1) is 23.9 Å². The summed E-state index contributed by atoms with van der Waals surface area (Å²) >= 11 is 1.42. The first kappa shape index (κ1) is 20.0. The van der Waals surface area contributed by atoms with Crippen LogP contribution in [0.1, 0.15) is 37.1 Å². The third-order valence-electron chi connectivity index (χ3n) is 3.72. The van der Waals surface area contributed by atoms with Crippen molar-refractivity contribution in [1.82, 2.24) is 9.55 Å². The molecular formula is C20H22N2O5S. The molecule has 0 aliphatic heterocycles. The van der Waals surface area contributed by atoms with Crippen LogP contribution in [0.25, 0.3) is 11.0 Å². The second kappa shape index (κ2) is 8.10. The Bertz CT molecular complexity index is 1000. The number of rotatable bonds is 6. The van der Waals surface area contributed by atoms with Crippen LogP contribution in [0.2, 0.25) is 0 Å². The van der Waals surface area contributed by atoms with E-state index in [0.717, 1.165) is 11.0 Å². The average Bonchev–Trinajstić information content (AvgIpc) is 3.23.